The highest BCUT2D eigenvalue weighted by Crippen LogP contribution is 2.24. The Bertz CT molecular complexity index is 592. The third kappa shape index (κ3) is 4.88. The molecular formula is C15H13Br2FOS. The first-order valence-corrected chi connectivity index (χ1v) is 8.62. The molecule has 0 fully saturated rings. The third-order valence-electron chi connectivity index (χ3n) is 2.71. The van der Waals surface area contributed by atoms with Crippen molar-refractivity contribution >= 4 is 43.6 Å². The van der Waals surface area contributed by atoms with Crippen LogP contribution in [-0.4, -0.2) is 17.0 Å². The van der Waals surface area contributed by atoms with E-state index in [4.69, 9.17) is 0 Å². The summed E-state index contributed by atoms with van der Waals surface area (Å²) < 4.78 is 15.4. The lowest BCUT2D eigenvalue weighted by atomic mass is 10.1. The SMILES string of the molecule is OC(CSc1cccc(Br)c1)Cc1ccc(Br)cc1F. The molecule has 0 saturated heterocycles. The molecule has 0 spiro atoms. The van der Waals surface area contributed by atoms with Crippen molar-refractivity contribution in [2.45, 2.75) is 17.4 Å². The summed E-state index contributed by atoms with van der Waals surface area (Å²) >= 11 is 8.19. The van der Waals surface area contributed by atoms with Crippen LogP contribution >= 0.6 is 43.6 Å². The minimum absolute atomic E-state index is 0.286. The van der Waals surface area contributed by atoms with Crippen LogP contribution < -0.4 is 0 Å². The molecule has 0 bridgehead atoms. The van der Waals surface area contributed by atoms with E-state index < -0.39 is 6.10 Å². The van der Waals surface area contributed by atoms with Crippen LogP contribution in [0.5, 0.6) is 0 Å². The monoisotopic (exact) mass is 418 g/mol. The second-order valence-corrected chi connectivity index (χ2v) is 7.29. The molecule has 0 aliphatic carbocycles. The minimum atomic E-state index is -0.574. The molecule has 1 unspecified atom stereocenters. The lowest BCUT2D eigenvalue weighted by Gasteiger charge is -2.11. The second kappa shape index (κ2) is 7.59. The van der Waals surface area contributed by atoms with Crippen LogP contribution in [0.1, 0.15) is 5.56 Å². The van der Waals surface area contributed by atoms with Crippen molar-refractivity contribution in [3.63, 3.8) is 0 Å². The Balaban J connectivity index is 1.90. The number of aliphatic hydroxyl groups excluding tert-OH is 1. The number of hydrogen-bond acceptors (Lipinski definition) is 2. The Kier molecular flexibility index (Phi) is 6.08. The van der Waals surface area contributed by atoms with Crippen LogP contribution in [0, 0.1) is 5.82 Å². The molecule has 0 aliphatic rings. The third-order valence-corrected chi connectivity index (χ3v) is 4.83. The normalized spacial score (nSPS) is 12.4. The Labute approximate surface area is 138 Å². The maximum Gasteiger partial charge on any atom is 0.127 e. The molecule has 0 saturated carbocycles. The number of halogens is 3. The van der Waals surface area contributed by atoms with E-state index in [1.54, 1.807) is 23.9 Å². The second-order valence-electron chi connectivity index (χ2n) is 4.36. The van der Waals surface area contributed by atoms with Gasteiger partial charge in [0.1, 0.15) is 5.82 Å². The molecule has 5 heteroatoms. The fraction of sp³-hybridized carbons (Fsp3) is 0.200. The number of aliphatic hydroxyl groups is 1. The minimum Gasteiger partial charge on any atom is -0.392 e. The summed E-state index contributed by atoms with van der Waals surface area (Å²) in [5.41, 5.74) is 0.538. The maximum absolute atomic E-state index is 13.7. The fourth-order valence-electron chi connectivity index (χ4n) is 1.75. The van der Waals surface area contributed by atoms with Gasteiger partial charge in [0.2, 0.25) is 0 Å². The molecule has 1 atom stereocenters. The highest BCUT2D eigenvalue weighted by Gasteiger charge is 2.10. The zero-order valence-corrected chi connectivity index (χ0v) is 14.5. The van der Waals surface area contributed by atoms with Crippen molar-refractivity contribution in [3.8, 4) is 0 Å². The topological polar surface area (TPSA) is 20.2 Å². The summed E-state index contributed by atoms with van der Waals surface area (Å²) in [6, 6.07) is 12.8. The predicted molar refractivity (Wildman–Crippen MR) is 88.7 cm³/mol. The van der Waals surface area contributed by atoms with E-state index in [0.29, 0.717) is 22.2 Å². The molecule has 2 aromatic rings. The summed E-state index contributed by atoms with van der Waals surface area (Å²) in [6.45, 7) is 0. The largest absolute Gasteiger partial charge is 0.392 e. The van der Waals surface area contributed by atoms with Gasteiger partial charge in [0.15, 0.2) is 0 Å². The molecule has 2 rings (SSSR count). The van der Waals surface area contributed by atoms with Crippen LogP contribution in [0.2, 0.25) is 0 Å². The van der Waals surface area contributed by atoms with Gasteiger partial charge in [-0.05, 0) is 35.9 Å². The van der Waals surface area contributed by atoms with Crippen molar-refractivity contribution in [2.24, 2.45) is 0 Å². The standard InChI is InChI=1S/C15H13Br2FOS/c16-11-2-1-3-14(7-11)20-9-13(19)6-10-4-5-12(17)8-15(10)18/h1-5,7-8,13,19H,6,9H2. The summed E-state index contributed by atoms with van der Waals surface area (Å²) in [5, 5.41) is 10.0. The first kappa shape index (κ1) is 16.0. The Morgan fingerprint density at radius 3 is 2.55 bits per heavy atom. The van der Waals surface area contributed by atoms with Crippen LogP contribution in [0.4, 0.5) is 4.39 Å². The van der Waals surface area contributed by atoms with Gasteiger partial charge >= 0.3 is 0 Å². The molecule has 0 aliphatic heterocycles. The van der Waals surface area contributed by atoms with E-state index in [9.17, 15) is 9.50 Å². The number of benzene rings is 2. The number of thioether (sulfide) groups is 1. The smallest absolute Gasteiger partial charge is 0.127 e. The Hall–Kier alpha value is -0.360. The lowest BCUT2D eigenvalue weighted by molar-refractivity contribution is 0.198. The molecule has 2 aromatic carbocycles. The average molecular weight is 420 g/mol. The summed E-state index contributed by atoms with van der Waals surface area (Å²) in [4.78, 5) is 1.08. The van der Waals surface area contributed by atoms with E-state index in [1.165, 1.54) is 6.07 Å². The van der Waals surface area contributed by atoms with Crippen molar-refractivity contribution in [3.05, 3.63) is 62.8 Å². The van der Waals surface area contributed by atoms with Crippen molar-refractivity contribution in [1.29, 1.82) is 0 Å². The highest BCUT2D eigenvalue weighted by molar-refractivity contribution is 9.10. The predicted octanol–water partition coefficient (Wildman–Crippen LogP) is 5.05. The molecule has 0 heterocycles. The number of hydrogen-bond donors (Lipinski definition) is 1. The van der Waals surface area contributed by atoms with Crippen molar-refractivity contribution in [1.82, 2.24) is 0 Å². The Morgan fingerprint density at radius 2 is 1.85 bits per heavy atom. The average Bonchev–Trinajstić information content (AvgIpc) is 2.40. The van der Waals surface area contributed by atoms with Gasteiger partial charge in [0.05, 0.1) is 6.10 Å². The van der Waals surface area contributed by atoms with Gasteiger partial charge in [-0.1, -0.05) is 44.0 Å². The first-order chi connectivity index (χ1) is 9.54. The zero-order valence-electron chi connectivity index (χ0n) is 10.5. The molecule has 0 amide bonds. The summed E-state index contributed by atoms with van der Waals surface area (Å²) in [7, 11) is 0. The van der Waals surface area contributed by atoms with E-state index in [-0.39, 0.29) is 5.82 Å². The fourth-order valence-corrected chi connectivity index (χ4v) is 3.52. The van der Waals surface area contributed by atoms with Crippen LogP contribution in [0.25, 0.3) is 0 Å². The molecule has 20 heavy (non-hydrogen) atoms. The van der Waals surface area contributed by atoms with Gasteiger partial charge in [-0.3, -0.25) is 0 Å². The summed E-state index contributed by atoms with van der Waals surface area (Å²) in [5.74, 6) is 0.247. The molecule has 1 N–H and O–H groups in total. The molecule has 0 aromatic heterocycles. The first-order valence-electron chi connectivity index (χ1n) is 6.05. The van der Waals surface area contributed by atoms with Crippen molar-refractivity contribution in [2.75, 3.05) is 5.75 Å². The van der Waals surface area contributed by atoms with Gasteiger partial charge in [-0.15, -0.1) is 11.8 Å². The van der Waals surface area contributed by atoms with Gasteiger partial charge < -0.3 is 5.11 Å². The van der Waals surface area contributed by atoms with Gasteiger partial charge in [-0.25, -0.2) is 4.39 Å². The van der Waals surface area contributed by atoms with Gasteiger partial charge in [-0.2, -0.15) is 0 Å². The van der Waals surface area contributed by atoms with E-state index in [1.807, 2.05) is 24.3 Å². The van der Waals surface area contributed by atoms with E-state index in [0.717, 1.165) is 9.37 Å². The van der Waals surface area contributed by atoms with E-state index >= 15 is 0 Å². The zero-order chi connectivity index (χ0) is 14.5. The summed E-state index contributed by atoms with van der Waals surface area (Å²) in [6.07, 6.45) is -0.255. The van der Waals surface area contributed by atoms with Crippen LogP contribution in [0.3, 0.4) is 0 Å². The lowest BCUT2D eigenvalue weighted by Crippen LogP contribution is -2.14. The van der Waals surface area contributed by atoms with Crippen molar-refractivity contribution < 1.29 is 9.50 Å². The quantitative estimate of drug-likeness (QED) is 0.684. The van der Waals surface area contributed by atoms with Crippen LogP contribution in [-0.2, 0) is 6.42 Å². The molecule has 106 valence electrons. The number of rotatable bonds is 5. The molecular weight excluding hydrogens is 407 g/mol. The molecule has 0 radical (unpaired) electrons. The maximum atomic E-state index is 13.7. The van der Waals surface area contributed by atoms with E-state index in [2.05, 4.69) is 31.9 Å². The molecule has 1 nitrogen and oxygen atoms in total. The van der Waals surface area contributed by atoms with Gasteiger partial charge in [0.25, 0.3) is 0 Å². The highest BCUT2D eigenvalue weighted by atomic mass is 79.9. The van der Waals surface area contributed by atoms with Crippen LogP contribution in [0.15, 0.2) is 56.3 Å². The Morgan fingerprint density at radius 1 is 1.10 bits per heavy atom. The van der Waals surface area contributed by atoms with Gasteiger partial charge in [0, 0.05) is 26.0 Å².